The summed E-state index contributed by atoms with van der Waals surface area (Å²) in [6, 6.07) is 12.4. The van der Waals surface area contributed by atoms with E-state index in [9.17, 15) is 9.18 Å². The van der Waals surface area contributed by atoms with Crippen molar-refractivity contribution in [2.24, 2.45) is 0 Å². The van der Waals surface area contributed by atoms with Crippen molar-refractivity contribution in [3.8, 4) is 0 Å². The summed E-state index contributed by atoms with van der Waals surface area (Å²) in [4.78, 5) is 11.9. The molecule has 2 rings (SSSR count). The Bertz CT molecular complexity index is 596. The molecule has 19 heavy (non-hydrogen) atoms. The molecule has 0 radical (unpaired) electrons. The number of carbonyl (C=O) groups is 1. The molecule has 0 unspecified atom stereocenters. The summed E-state index contributed by atoms with van der Waals surface area (Å²) < 4.78 is 14.8. The van der Waals surface area contributed by atoms with Crippen LogP contribution in [0.4, 0.5) is 4.39 Å². The van der Waals surface area contributed by atoms with E-state index in [1.54, 1.807) is 12.1 Å². The lowest BCUT2D eigenvalue weighted by Crippen LogP contribution is -2.08. The van der Waals surface area contributed by atoms with Crippen molar-refractivity contribution in [3.05, 3.63) is 68.0 Å². The maximum Gasteiger partial charge on any atom is 0.145 e. The van der Waals surface area contributed by atoms with E-state index in [1.807, 2.05) is 24.3 Å². The Balaban J connectivity index is 2.05. The van der Waals surface area contributed by atoms with Gasteiger partial charge >= 0.3 is 0 Å². The van der Waals surface area contributed by atoms with E-state index in [2.05, 4.69) is 22.6 Å². The minimum Gasteiger partial charge on any atom is -0.299 e. The topological polar surface area (TPSA) is 17.1 Å². The zero-order chi connectivity index (χ0) is 13.8. The first-order valence-electron chi connectivity index (χ1n) is 5.75. The van der Waals surface area contributed by atoms with Crippen LogP contribution in [-0.4, -0.2) is 5.78 Å². The van der Waals surface area contributed by atoms with Crippen molar-refractivity contribution in [3.63, 3.8) is 0 Å². The van der Waals surface area contributed by atoms with Gasteiger partial charge in [0.05, 0.1) is 5.02 Å². The van der Waals surface area contributed by atoms with Gasteiger partial charge in [-0.05, 0) is 51.9 Å². The fraction of sp³-hybridized carbons (Fsp3) is 0.133. The lowest BCUT2D eigenvalue weighted by atomic mass is 10.0. The van der Waals surface area contributed by atoms with Gasteiger partial charge in [-0.25, -0.2) is 4.39 Å². The van der Waals surface area contributed by atoms with Crippen LogP contribution < -0.4 is 0 Å². The Morgan fingerprint density at radius 1 is 1.11 bits per heavy atom. The van der Waals surface area contributed by atoms with Crippen LogP contribution in [0.1, 0.15) is 11.1 Å². The van der Waals surface area contributed by atoms with Gasteiger partial charge in [0.2, 0.25) is 0 Å². The normalized spacial score (nSPS) is 10.5. The predicted molar refractivity (Wildman–Crippen MR) is 83.0 cm³/mol. The van der Waals surface area contributed by atoms with Crippen molar-refractivity contribution in [2.75, 3.05) is 0 Å². The van der Waals surface area contributed by atoms with Gasteiger partial charge in [-0.15, -0.1) is 0 Å². The number of hydrogen-bond donors (Lipinski definition) is 0. The highest BCUT2D eigenvalue weighted by Crippen LogP contribution is 2.19. The zero-order valence-corrected chi connectivity index (χ0v) is 12.9. The highest BCUT2D eigenvalue weighted by molar-refractivity contribution is 14.1. The molecule has 0 heterocycles. The van der Waals surface area contributed by atoms with Crippen LogP contribution in [0.2, 0.25) is 5.02 Å². The molecule has 98 valence electrons. The van der Waals surface area contributed by atoms with Crippen molar-refractivity contribution >= 4 is 40.0 Å². The molecule has 0 aliphatic carbocycles. The molecule has 0 saturated carbocycles. The van der Waals surface area contributed by atoms with Crippen molar-refractivity contribution in [1.29, 1.82) is 0 Å². The first-order chi connectivity index (χ1) is 9.06. The van der Waals surface area contributed by atoms with Crippen LogP contribution in [0.3, 0.4) is 0 Å². The van der Waals surface area contributed by atoms with E-state index in [-0.39, 0.29) is 17.2 Å². The van der Waals surface area contributed by atoms with Crippen molar-refractivity contribution in [2.45, 2.75) is 12.8 Å². The van der Waals surface area contributed by atoms with Crippen LogP contribution >= 0.6 is 34.2 Å². The van der Waals surface area contributed by atoms with Gasteiger partial charge in [-0.3, -0.25) is 4.79 Å². The number of halogens is 3. The lowest BCUT2D eigenvalue weighted by Gasteiger charge is -2.04. The summed E-state index contributed by atoms with van der Waals surface area (Å²) >= 11 is 7.90. The Morgan fingerprint density at radius 2 is 1.79 bits per heavy atom. The van der Waals surface area contributed by atoms with Crippen molar-refractivity contribution in [1.82, 2.24) is 0 Å². The standard InChI is InChI=1S/C15H11ClFIO/c16-14-3-1-2-11(15(14)17)9-13(19)8-10-4-6-12(18)7-5-10/h1-7H,8-9H2. The molecule has 4 heteroatoms. The lowest BCUT2D eigenvalue weighted by molar-refractivity contribution is -0.117. The average molecular weight is 389 g/mol. The summed E-state index contributed by atoms with van der Waals surface area (Å²) in [6.45, 7) is 0. The number of rotatable bonds is 4. The molecule has 1 nitrogen and oxygen atoms in total. The molecule has 2 aromatic rings. The highest BCUT2D eigenvalue weighted by atomic mass is 127. The second-order valence-corrected chi connectivity index (χ2v) is 5.88. The molecule has 0 bridgehead atoms. The molecule has 0 saturated heterocycles. The van der Waals surface area contributed by atoms with Gasteiger partial charge in [0.25, 0.3) is 0 Å². The molecule has 0 fully saturated rings. The number of carbonyl (C=O) groups excluding carboxylic acids is 1. The Kier molecular flexibility index (Phi) is 4.93. The molecule has 0 aliphatic rings. The quantitative estimate of drug-likeness (QED) is 0.708. The van der Waals surface area contributed by atoms with Crippen LogP contribution in [0, 0.1) is 9.39 Å². The zero-order valence-electron chi connectivity index (χ0n) is 10.00. The van der Waals surface area contributed by atoms with Crippen LogP contribution in [0.25, 0.3) is 0 Å². The summed E-state index contributed by atoms with van der Waals surface area (Å²) in [5, 5.41) is 0.0552. The van der Waals surface area contributed by atoms with E-state index in [1.165, 1.54) is 6.07 Å². The minimum absolute atomic E-state index is 0.0256. The number of hydrogen-bond acceptors (Lipinski definition) is 1. The third-order valence-corrected chi connectivity index (χ3v) is 3.74. The van der Waals surface area contributed by atoms with Crippen LogP contribution in [0.5, 0.6) is 0 Å². The second-order valence-electron chi connectivity index (χ2n) is 4.23. The van der Waals surface area contributed by atoms with Gasteiger partial charge in [-0.2, -0.15) is 0 Å². The Morgan fingerprint density at radius 3 is 2.47 bits per heavy atom. The highest BCUT2D eigenvalue weighted by Gasteiger charge is 2.11. The average Bonchev–Trinajstić information content (AvgIpc) is 2.38. The molecular weight excluding hydrogens is 378 g/mol. The van der Waals surface area contributed by atoms with E-state index < -0.39 is 5.82 Å². The minimum atomic E-state index is -0.500. The molecular formula is C15H11ClFIO. The molecule has 0 atom stereocenters. The smallest absolute Gasteiger partial charge is 0.145 e. The molecule has 0 aliphatic heterocycles. The second kappa shape index (κ2) is 6.48. The van der Waals surface area contributed by atoms with Gasteiger partial charge in [0.1, 0.15) is 11.6 Å². The number of Topliss-reactive ketones (excluding diaryl/α,β-unsaturated/α-hetero) is 1. The number of benzene rings is 2. The molecule has 0 N–H and O–H groups in total. The summed E-state index contributed by atoms with van der Waals surface area (Å²) in [6.07, 6.45) is 0.376. The summed E-state index contributed by atoms with van der Waals surface area (Å²) in [7, 11) is 0. The molecule has 2 aromatic carbocycles. The summed E-state index contributed by atoms with van der Waals surface area (Å²) in [5.41, 5.74) is 1.29. The van der Waals surface area contributed by atoms with Crippen molar-refractivity contribution < 1.29 is 9.18 Å². The predicted octanol–water partition coefficient (Wildman–Crippen LogP) is 4.44. The van der Waals surface area contributed by atoms with E-state index >= 15 is 0 Å². The third-order valence-electron chi connectivity index (χ3n) is 2.73. The van der Waals surface area contributed by atoms with E-state index in [4.69, 9.17) is 11.6 Å². The monoisotopic (exact) mass is 388 g/mol. The van der Waals surface area contributed by atoms with Gasteiger partial charge in [0, 0.05) is 16.4 Å². The Hall–Kier alpha value is -0.940. The maximum absolute atomic E-state index is 13.7. The first kappa shape index (κ1) is 14.5. The Labute approximate surface area is 129 Å². The van der Waals surface area contributed by atoms with E-state index in [0.29, 0.717) is 12.0 Å². The summed E-state index contributed by atoms with van der Waals surface area (Å²) in [5.74, 6) is -0.525. The fourth-order valence-electron chi connectivity index (χ4n) is 1.79. The third kappa shape index (κ3) is 4.01. The van der Waals surface area contributed by atoms with Crippen LogP contribution in [-0.2, 0) is 17.6 Å². The van der Waals surface area contributed by atoms with Gasteiger partial charge in [-0.1, -0.05) is 35.9 Å². The van der Waals surface area contributed by atoms with E-state index in [0.717, 1.165) is 9.13 Å². The maximum atomic E-state index is 13.7. The SMILES string of the molecule is O=C(Cc1ccc(I)cc1)Cc1cccc(Cl)c1F. The molecule has 0 spiro atoms. The van der Waals surface area contributed by atoms with Crippen LogP contribution in [0.15, 0.2) is 42.5 Å². The van der Waals surface area contributed by atoms with Gasteiger partial charge < -0.3 is 0 Å². The fourth-order valence-corrected chi connectivity index (χ4v) is 2.34. The molecule has 0 amide bonds. The van der Waals surface area contributed by atoms with Gasteiger partial charge in [0.15, 0.2) is 0 Å². The largest absolute Gasteiger partial charge is 0.299 e. The molecule has 0 aromatic heterocycles. The number of ketones is 1. The first-order valence-corrected chi connectivity index (χ1v) is 7.21.